The summed E-state index contributed by atoms with van der Waals surface area (Å²) in [4.78, 5) is 13.7. The van der Waals surface area contributed by atoms with Crippen molar-refractivity contribution in [1.82, 2.24) is 4.90 Å². The van der Waals surface area contributed by atoms with Crippen LogP contribution in [-0.2, 0) is 10.8 Å². The Bertz CT molecular complexity index is 582. The van der Waals surface area contributed by atoms with Gasteiger partial charge in [-0.1, -0.05) is 6.42 Å². The molecule has 122 valence electrons. The van der Waals surface area contributed by atoms with E-state index in [1.165, 1.54) is 23.3 Å². The van der Waals surface area contributed by atoms with Gasteiger partial charge in [0.25, 0.3) is 0 Å². The van der Waals surface area contributed by atoms with Gasteiger partial charge in [0.2, 0.25) is 0 Å². The fraction of sp³-hybridized carbons (Fsp3) is 0.533. The molecule has 0 saturated heterocycles. The number of aliphatic hydroxyl groups is 1. The quantitative estimate of drug-likeness (QED) is 0.890. The first kappa shape index (κ1) is 16.9. The molecule has 1 fully saturated rings. The summed E-state index contributed by atoms with van der Waals surface area (Å²) in [5.41, 5.74) is 0.315. The second-order valence-corrected chi connectivity index (χ2v) is 7.02. The lowest BCUT2D eigenvalue weighted by Crippen LogP contribution is -2.37. The molecule has 3 atom stereocenters. The standard InChI is InChI=1S/C15H21FN2O3S/c1-18(9-10-4-3-5-13(10)19)15(20)17-11-6-7-14(22(2)21)12(16)8-11/h6-8,10,13,19H,3-5,9H2,1-2H3,(H,17,20). The van der Waals surface area contributed by atoms with Gasteiger partial charge in [0.15, 0.2) is 0 Å². The van der Waals surface area contributed by atoms with Crippen LogP contribution >= 0.6 is 0 Å². The van der Waals surface area contributed by atoms with E-state index in [0.29, 0.717) is 12.2 Å². The highest BCUT2D eigenvalue weighted by Gasteiger charge is 2.27. The topological polar surface area (TPSA) is 69.6 Å². The summed E-state index contributed by atoms with van der Waals surface area (Å²) in [5.74, 6) is -0.509. The van der Waals surface area contributed by atoms with Gasteiger partial charge in [0, 0.05) is 31.5 Å². The number of carbonyl (C=O) groups excluding carboxylic acids is 1. The first-order chi connectivity index (χ1) is 10.4. The van der Waals surface area contributed by atoms with Crippen molar-refractivity contribution in [3.05, 3.63) is 24.0 Å². The number of nitrogens with zero attached hydrogens (tertiary/aromatic N) is 1. The summed E-state index contributed by atoms with van der Waals surface area (Å²) in [6.07, 6.45) is 3.71. The molecule has 1 saturated carbocycles. The lowest BCUT2D eigenvalue weighted by atomic mass is 10.1. The molecule has 22 heavy (non-hydrogen) atoms. The number of halogens is 1. The normalized spacial score (nSPS) is 22.4. The number of carbonyl (C=O) groups is 1. The minimum absolute atomic E-state index is 0.0948. The van der Waals surface area contributed by atoms with Gasteiger partial charge < -0.3 is 15.3 Å². The first-order valence-corrected chi connectivity index (χ1v) is 8.77. The van der Waals surface area contributed by atoms with Gasteiger partial charge >= 0.3 is 6.03 Å². The summed E-state index contributed by atoms with van der Waals surface area (Å²) in [6.45, 7) is 0.465. The van der Waals surface area contributed by atoms with Gasteiger partial charge in [0.1, 0.15) is 5.82 Å². The van der Waals surface area contributed by atoms with E-state index in [1.807, 2.05) is 0 Å². The third-order valence-electron chi connectivity index (χ3n) is 3.97. The zero-order chi connectivity index (χ0) is 16.3. The first-order valence-electron chi connectivity index (χ1n) is 7.21. The van der Waals surface area contributed by atoms with E-state index < -0.39 is 16.6 Å². The Balaban J connectivity index is 1.96. The van der Waals surface area contributed by atoms with E-state index in [2.05, 4.69) is 5.32 Å². The number of nitrogens with one attached hydrogen (secondary N) is 1. The van der Waals surface area contributed by atoms with Crippen molar-refractivity contribution in [3.63, 3.8) is 0 Å². The predicted molar refractivity (Wildman–Crippen MR) is 83.7 cm³/mol. The smallest absolute Gasteiger partial charge is 0.321 e. The zero-order valence-corrected chi connectivity index (χ0v) is 13.5. The molecule has 1 aliphatic rings. The van der Waals surface area contributed by atoms with Crippen molar-refractivity contribution in [1.29, 1.82) is 0 Å². The molecule has 1 aliphatic carbocycles. The van der Waals surface area contributed by atoms with Crippen molar-refractivity contribution < 1.29 is 18.5 Å². The molecule has 0 bridgehead atoms. The molecular formula is C15H21FN2O3S. The Hall–Kier alpha value is -1.47. The van der Waals surface area contributed by atoms with Crippen molar-refractivity contribution >= 4 is 22.5 Å². The SMILES string of the molecule is CN(CC1CCCC1O)C(=O)Nc1ccc(S(C)=O)c(F)c1. The van der Waals surface area contributed by atoms with Gasteiger partial charge in [-0.2, -0.15) is 0 Å². The Morgan fingerprint density at radius 1 is 1.50 bits per heavy atom. The molecule has 5 nitrogen and oxygen atoms in total. The van der Waals surface area contributed by atoms with Crippen LogP contribution in [0.25, 0.3) is 0 Å². The van der Waals surface area contributed by atoms with Crippen LogP contribution in [0.5, 0.6) is 0 Å². The second-order valence-electron chi connectivity index (χ2n) is 5.67. The van der Waals surface area contributed by atoms with E-state index >= 15 is 0 Å². The van der Waals surface area contributed by atoms with Crippen molar-refractivity contribution in [2.75, 3.05) is 25.2 Å². The second kappa shape index (κ2) is 7.19. The molecule has 2 amide bonds. The van der Waals surface area contributed by atoms with Crippen LogP contribution in [0.2, 0.25) is 0 Å². The lowest BCUT2D eigenvalue weighted by molar-refractivity contribution is 0.116. The monoisotopic (exact) mass is 328 g/mol. The number of hydrogen-bond acceptors (Lipinski definition) is 3. The van der Waals surface area contributed by atoms with Crippen LogP contribution in [-0.4, -0.2) is 46.2 Å². The Morgan fingerprint density at radius 3 is 2.77 bits per heavy atom. The van der Waals surface area contributed by atoms with Gasteiger partial charge in [-0.25, -0.2) is 9.18 Å². The molecule has 1 aromatic rings. The summed E-state index contributed by atoms with van der Waals surface area (Å²) >= 11 is 0. The highest BCUT2D eigenvalue weighted by molar-refractivity contribution is 7.84. The van der Waals surface area contributed by atoms with E-state index in [4.69, 9.17) is 0 Å². The number of rotatable bonds is 4. The summed E-state index contributed by atoms with van der Waals surface area (Å²) in [5, 5.41) is 12.4. The van der Waals surface area contributed by atoms with Crippen LogP contribution in [0, 0.1) is 11.7 Å². The fourth-order valence-corrected chi connectivity index (χ4v) is 3.29. The highest BCUT2D eigenvalue weighted by atomic mass is 32.2. The molecule has 0 aromatic heterocycles. The molecule has 0 heterocycles. The number of benzene rings is 1. The van der Waals surface area contributed by atoms with Crippen molar-refractivity contribution in [3.8, 4) is 0 Å². The number of urea groups is 1. The van der Waals surface area contributed by atoms with Crippen LogP contribution in [0.1, 0.15) is 19.3 Å². The van der Waals surface area contributed by atoms with Crippen LogP contribution < -0.4 is 5.32 Å². The molecule has 3 unspecified atom stereocenters. The van der Waals surface area contributed by atoms with E-state index in [-0.39, 0.29) is 22.9 Å². The summed E-state index contributed by atoms with van der Waals surface area (Å²) in [6, 6.07) is 3.73. The largest absolute Gasteiger partial charge is 0.393 e. The maximum absolute atomic E-state index is 13.7. The van der Waals surface area contributed by atoms with E-state index in [9.17, 15) is 18.5 Å². The number of hydrogen-bond donors (Lipinski definition) is 2. The number of aliphatic hydroxyl groups excluding tert-OH is 1. The molecule has 1 aromatic carbocycles. The third-order valence-corrected chi connectivity index (χ3v) is 4.92. The van der Waals surface area contributed by atoms with Gasteiger partial charge in [-0.3, -0.25) is 4.21 Å². The van der Waals surface area contributed by atoms with Crippen molar-refractivity contribution in [2.45, 2.75) is 30.3 Å². The maximum Gasteiger partial charge on any atom is 0.321 e. The highest BCUT2D eigenvalue weighted by Crippen LogP contribution is 2.26. The van der Waals surface area contributed by atoms with Crippen LogP contribution in [0.15, 0.2) is 23.1 Å². The van der Waals surface area contributed by atoms with Gasteiger partial charge in [0.05, 0.1) is 21.8 Å². The molecule has 2 N–H and O–H groups in total. The van der Waals surface area contributed by atoms with E-state index in [1.54, 1.807) is 7.05 Å². The van der Waals surface area contributed by atoms with Crippen LogP contribution in [0.3, 0.4) is 0 Å². The summed E-state index contributed by atoms with van der Waals surface area (Å²) < 4.78 is 25.0. The Morgan fingerprint density at radius 2 is 2.23 bits per heavy atom. The molecule has 0 spiro atoms. The molecule has 2 rings (SSSR count). The molecular weight excluding hydrogens is 307 g/mol. The Labute approximate surface area is 132 Å². The van der Waals surface area contributed by atoms with Crippen LogP contribution in [0.4, 0.5) is 14.9 Å². The third kappa shape index (κ3) is 4.04. The summed E-state index contributed by atoms with van der Waals surface area (Å²) in [7, 11) is 0.241. The van der Waals surface area contributed by atoms with Gasteiger partial charge in [-0.05, 0) is 31.0 Å². The minimum atomic E-state index is -1.40. The molecule has 0 aliphatic heterocycles. The van der Waals surface area contributed by atoms with E-state index in [0.717, 1.165) is 25.3 Å². The molecule has 7 heteroatoms. The average molecular weight is 328 g/mol. The lowest BCUT2D eigenvalue weighted by Gasteiger charge is -2.23. The van der Waals surface area contributed by atoms with Crippen molar-refractivity contribution in [2.24, 2.45) is 5.92 Å². The van der Waals surface area contributed by atoms with Gasteiger partial charge in [-0.15, -0.1) is 0 Å². The fourth-order valence-electron chi connectivity index (χ4n) is 2.70. The maximum atomic E-state index is 13.7. The average Bonchev–Trinajstić information content (AvgIpc) is 2.83. The Kier molecular flexibility index (Phi) is 5.52. The number of amides is 2. The zero-order valence-electron chi connectivity index (χ0n) is 12.7. The molecule has 0 radical (unpaired) electrons. The number of anilines is 1. The minimum Gasteiger partial charge on any atom is -0.393 e. The predicted octanol–water partition coefficient (Wildman–Crippen LogP) is 2.19.